The van der Waals surface area contributed by atoms with E-state index in [0.29, 0.717) is 6.54 Å². The van der Waals surface area contributed by atoms with E-state index >= 15 is 0 Å². The number of imide groups is 1. The van der Waals surface area contributed by atoms with E-state index in [1.54, 1.807) is 0 Å². The second kappa shape index (κ2) is 5.97. The minimum absolute atomic E-state index is 0.174. The van der Waals surface area contributed by atoms with Gasteiger partial charge in [-0.3, -0.25) is 19.3 Å². The number of nitrogens with one attached hydrogen (secondary N) is 1. The Morgan fingerprint density at radius 2 is 1.79 bits per heavy atom. The fraction of sp³-hybridized carbons (Fsp3) is 0.308. The number of benzene rings is 1. The molecule has 2 rings (SSSR count). The summed E-state index contributed by atoms with van der Waals surface area (Å²) in [5, 5.41) is 2.68. The second-order valence-corrected chi connectivity index (χ2v) is 5.06. The first-order chi connectivity index (χ1) is 9.09. The van der Waals surface area contributed by atoms with E-state index in [4.69, 9.17) is 0 Å². The summed E-state index contributed by atoms with van der Waals surface area (Å²) in [7, 11) is 0. The molecule has 1 unspecified atom stereocenters. The number of halogens is 1. The number of alkyl halides is 1. The van der Waals surface area contributed by atoms with Gasteiger partial charge in [-0.25, -0.2) is 0 Å². The first-order valence-corrected chi connectivity index (χ1v) is 6.82. The summed E-state index contributed by atoms with van der Waals surface area (Å²) in [6.45, 7) is 0.359. The summed E-state index contributed by atoms with van der Waals surface area (Å²) in [6.07, 6.45) is 0.347. The molecule has 1 saturated heterocycles. The molecule has 1 heterocycles. The monoisotopic (exact) mass is 324 g/mol. The van der Waals surface area contributed by atoms with Crippen molar-refractivity contribution in [1.82, 2.24) is 10.2 Å². The third kappa shape index (κ3) is 3.20. The molecule has 0 radical (unpaired) electrons. The standard InChI is InChI=1S/C13H13BrN2O3/c14-12(16-10(17)6-7-11(16)18)13(19)15-8-9-4-2-1-3-5-9/h1-5,12H,6-8H2,(H,15,19). The van der Waals surface area contributed by atoms with Crippen molar-refractivity contribution < 1.29 is 14.4 Å². The molecule has 1 aliphatic heterocycles. The van der Waals surface area contributed by atoms with Gasteiger partial charge < -0.3 is 5.32 Å². The van der Waals surface area contributed by atoms with Crippen LogP contribution in [0.4, 0.5) is 0 Å². The van der Waals surface area contributed by atoms with Crippen LogP contribution in [-0.4, -0.2) is 27.6 Å². The van der Waals surface area contributed by atoms with Gasteiger partial charge in [0, 0.05) is 19.4 Å². The predicted octanol–water partition coefficient (Wildman–Crippen LogP) is 1.17. The second-order valence-electron chi connectivity index (χ2n) is 4.20. The van der Waals surface area contributed by atoms with E-state index in [2.05, 4.69) is 21.2 Å². The molecule has 0 aliphatic carbocycles. The number of nitrogens with zero attached hydrogens (tertiary/aromatic N) is 1. The zero-order valence-electron chi connectivity index (χ0n) is 10.1. The molecule has 1 aromatic carbocycles. The van der Waals surface area contributed by atoms with Gasteiger partial charge in [0.05, 0.1) is 0 Å². The van der Waals surface area contributed by atoms with Crippen molar-refractivity contribution in [3.8, 4) is 0 Å². The van der Waals surface area contributed by atoms with Gasteiger partial charge in [-0.15, -0.1) is 0 Å². The number of carbonyl (C=O) groups is 3. The van der Waals surface area contributed by atoms with Gasteiger partial charge in [-0.1, -0.05) is 46.3 Å². The maximum atomic E-state index is 11.9. The number of hydrogen-bond donors (Lipinski definition) is 1. The van der Waals surface area contributed by atoms with Gasteiger partial charge in [0.25, 0.3) is 5.91 Å². The molecule has 6 heteroatoms. The minimum atomic E-state index is -0.932. The van der Waals surface area contributed by atoms with E-state index in [9.17, 15) is 14.4 Å². The Kier molecular flexibility index (Phi) is 4.31. The molecule has 1 aromatic rings. The summed E-state index contributed by atoms with van der Waals surface area (Å²) in [6, 6.07) is 9.41. The highest BCUT2D eigenvalue weighted by atomic mass is 79.9. The van der Waals surface area contributed by atoms with Crippen molar-refractivity contribution >= 4 is 33.7 Å². The van der Waals surface area contributed by atoms with Crippen LogP contribution in [0.1, 0.15) is 18.4 Å². The maximum absolute atomic E-state index is 11.9. The van der Waals surface area contributed by atoms with Crippen molar-refractivity contribution in [2.45, 2.75) is 24.3 Å². The molecule has 0 bridgehead atoms. The SMILES string of the molecule is O=C(NCc1ccccc1)C(Br)N1C(=O)CCC1=O. The van der Waals surface area contributed by atoms with Crippen LogP contribution in [0.25, 0.3) is 0 Å². The molecule has 0 aromatic heterocycles. The predicted molar refractivity (Wildman–Crippen MR) is 72.1 cm³/mol. The first-order valence-electron chi connectivity index (χ1n) is 5.90. The summed E-state index contributed by atoms with van der Waals surface area (Å²) in [4.78, 5) is 34.9. The zero-order valence-corrected chi connectivity index (χ0v) is 11.7. The van der Waals surface area contributed by atoms with Crippen LogP contribution < -0.4 is 5.32 Å². The van der Waals surface area contributed by atoms with Gasteiger partial charge >= 0.3 is 0 Å². The lowest BCUT2D eigenvalue weighted by Gasteiger charge is -2.20. The molecular formula is C13H13BrN2O3. The molecule has 1 N–H and O–H groups in total. The first kappa shape index (κ1) is 13.7. The topological polar surface area (TPSA) is 66.5 Å². The lowest BCUT2D eigenvalue weighted by molar-refractivity contribution is -0.143. The fourth-order valence-corrected chi connectivity index (χ4v) is 2.45. The fourth-order valence-electron chi connectivity index (χ4n) is 1.83. The highest BCUT2D eigenvalue weighted by Gasteiger charge is 2.37. The van der Waals surface area contributed by atoms with Crippen LogP contribution in [0.3, 0.4) is 0 Å². The van der Waals surface area contributed by atoms with Crippen molar-refractivity contribution in [2.24, 2.45) is 0 Å². The summed E-state index contributed by atoms with van der Waals surface area (Å²) in [5.41, 5.74) is 0.953. The third-order valence-corrected chi connectivity index (χ3v) is 3.67. The Morgan fingerprint density at radius 3 is 2.37 bits per heavy atom. The third-order valence-electron chi connectivity index (χ3n) is 2.84. The number of hydrogen-bond acceptors (Lipinski definition) is 3. The van der Waals surface area contributed by atoms with Gasteiger partial charge in [0.15, 0.2) is 4.95 Å². The normalized spacial score (nSPS) is 16.6. The van der Waals surface area contributed by atoms with Crippen molar-refractivity contribution in [1.29, 1.82) is 0 Å². The molecule has 1 aliphatic rings. The van der Waals surface area contributed by atoms with Crippen LogP contribution in [0.5, 0.6) is 0 Å². The number of carbonyl (C=O) groups excluding carboxylic acids is 3. The summed E-state index contributed by atoms with van der Waals surface area (Å²) < 4.78 is 0. The van der Waals surface area contributed by atoms with E-state index in [1.807, 2.05) is 30.3 Å². The van der Waals surface area contributed by atoms with E-state index < -0.39 is 10.9 Å². The van der Waals surface area contributed by atoms with Crippen LogP contribution in [0.2, 0.25) is 0 Å². The molecular weight excluding hydrogens is 312 g/mol. The van der Waals surface area contributed by atoms with Crippen molar-refractivity contribution in [3.63, 3.8) is 0 Å². The van der Waals surface area contributed by atoms with Gasteiger partial charge in [-0.05, 0) is 5.56 Å². The lowest BCUT2D eigenvalue weighted by atomic mass is 10.2. The number of amides is 3. The highest BCUT2D eigenvalue weighted by Crippen LogP contribution is 2.19. The average Bonchev–Trinajstić information content (AvgIpc) is 2.76. The van der Waals surface area contributed by atoms with Crippen molar-refractivity contribution in [2.75, 3.05) is 0 Å². The average molecular weight is 325 g/mol. The van der Waals surface area contributed by atoms with Gasteiger partial charge in [0.2, 0.25) is 11.8 Å². The van der Waals surface area contributed by atoms with Gasteiger partial charge in [-0.2, -0.15) is 0 Å². The Labute approximate surface area is 119 Å². The highest BCUT2D eigenvalue weighted by molar-refractivity contribution is 9.10. The Balaban J connectivity index is 1.93. The maximum Gasteiger partial charge on any atom is 0.254 e. The molecule has 1 atom stereocenters. The number of likely N-dealkylation sites (tertiary alicyclic amines) is 1. The summed E-state index contributed by atoms with van der Waals surface area (Å²) >= 11 is 3.10. The van der Waals surface area contributed by atoms with Crippen LogP contribution >= 0.6 is 15.9 Å². The van der Waals surface area contributed by atoms with E-state index in [-0.39, 0.29) is 24.7 Å². The molecule has 0 saturated carbocycles. The smallest absolute Gasteiger partial charge is 0.254 e. The molecule has 5 nitrogen and oxygen atoms in total. The molecule has 100 valence electrons. The molecule has 3 amide bonds. The van der Waals surface area contributed by atoms with Crippen molar-refractivity contribution in [3.05, 3.63) is 35.9 Å². The van der Waals surface area contributed by atoms with Crippen LogP contribution in [-0.2, 0) is 20.9 Å². The van der Waals surface area contributed by atoms with Gasteiger partial charge in [0.1, 0.15) is 0 Å². The Bertz CT molecular complexity index is 488. The summed E-state index contributed by atoms with van der Waals surface area (Å²) in [5.74, 6) is -1.03. The Morgan fingerprint density at radius 1 is 1.21 bits per heavy atom. The zero-order chi connectivity index (χ0) is 13.8. The Hall–Kier alpha value is -1.69. The molecule has 19 heavy (non-hydrogen) atoms. The minimum Gasteiger partial charge on any atom is -0.349 e. The quantitative estimate of drug-likeness (QED) is 0.513. The number of rotatable bonds is 4. The molecule has 0 spiro atoms. The lowest BCUT2D eigenvalue weighted by Crippen LogP contribution is -2.45. The van der Waals surface area contributed by atoms with Crippen LogP contribution in [0, 0.1) is 0 Å². The molecule has 1 fully saturated rings. The van der Waals surface area contributed by atoms with Crippen LogP contribution in [0.15, 0.2) is 30.3 Å². The van der Waals surface area contributed by atoms with E-state index in [0.717, 1.165) is 10.5 Å². The van der Waals surface area contributed by atoms with E-state index in [1.165, 1.54) is 0 Å². The largest absolute Gasteiger partial charge is 0.349 e.